The van der Waals surface area contributed by atoms with Gasteiger partial charge in [0.25, 0.3) is 0 Å². The van der Waals surface area contributed by atoms with E-state index in [-0.39, 0.29) is 12.3 Å². The Balaban J connectivity index is 1.94. The van der Waals surface area contributed by atoms with Gasteiger partial charge in [0.2, 0.25) is 5.91 Å². The molecule has 0 spiro atoms. The third-order valence-electron chi connectivity index (χ3n) is 4.13. The molecule has 2 rings (SSSR count). The van der Waals surface area contributed by atoms with Crippen molar-refractivity contribution in [2.75, 3.05) is 27.9 Å². The van der Waals surface area contributed by atoms with Crippen LogP contribution in [0.25, 0.3) is 0 Å². The minimum atomic E-state index is -0.412. The average molecular weight is 466 g/mol. The molecule has 0 aliphatic heterocycles. The summed E-state index contributed by atoms with van der Waals surface area (Å²) in [4.78, 5) is 23.4. The zero-order valence-electron chi connectivity index (χ0n) is 16.8. The van der Waals surface area contributed by atoms with Gasteiger partial charge in [0.1, 0.15) is 0 Å². The highest BCUT2D eigenvalue weighted by atomic mass is 79.9. The molecule has 0 atom stereocenters. The molecule has 7 nitrogen and oxygen atoms in total. The predicted molar refractivity (Wildman–Crippen MR) is 112 cm³/mol. The lowest BCUT2D eigenvalue weighted by Crippen LogP contribution is -2.27. The molecule has 2 aromatic rings. The fourth-order valence-electron chi connectivity index (χ4n) is 2.75. The van der Waals surface area contributed by atoms with Crippen molar-refractivity contribution in [2.45, 2.75) is 19.8 Å². The summed E-state index contributed by atoms with van der Waals surface area (Å²) in [5.74, 6) is 1.46. The highest BCUT2D eigenvalue weighted by molar-refractivity contribution is 9.10. The van der Waals surface area contributed by atoms with Crippen LogP contribution in [0.3, 0.4) is 0 Å². The molecule has 2 aromatic carbocycles. The van der Waals surface area contributed by atoms with Crippen LogP contribution in [0.15, 0.2) is 34.8 Å². The standard InChI is InChI=1S/C21H24BrNO6/c1-13(24)29-16-7-5-14(11-18(16)27-3)9-10-23-19(25)12-15-6-8-17(26-2)21(28-4)20(15)22/h5-8,11H,9-10,12H2,1-4H3,(H,23,25). The maximum Gasteiger partial charge on any atom is 0.308 e. The van der Waals surface area contributed by atoms with Crippen molar-refractivity contribution in [3.8, 4) is 23.0 Å². The maximum atomic E-state index is 12.3. The first-order chi connectivity index (χ1) is 13.9. The van der Waals surface area contributed by atoms with Crippen molar-refractivity contribution < 1.29 is 28.5 Å². The SMILES string of the molecule is COc1cc(CCNC(=O)Cc2ccc(OC)c(OC)c2Br)ccc1OC(C)=O. The number of methoxy groups -OCH3 is 3. The van der Waals surface area contributed by atoms with E-state index in [1.165, 1.54) is 14.0 Å². The highest BCUT2D eigenvalue weighted by Gasteiger charge is 2.15. The van der Waals surface area contributed by atoms with Crippen LogP contribution in [0.1, 0.15) is 18.1 Å². The van der Waals surface area contributed by atoms with Gasteiger partial charge in [-0.1, -0.05) is 12.1 Å². The van der Waals surface area contributed by atoms with Crippen LogP contribution < -0.4 is 24.3 Å². The Kier molecular flexibility index (Phi) is 8.33. The van der Waals surface area contributed by atoms with E-state index in [9.17, 15) is 9.59 Å². The van der Waals surface area contributed by atoms with E-state index in [2.05, 4.69) is 21.2 Å². The number of benzene rings is 2. The number of halogens is 1. The molecule has 0 aliphatic rings. The summed E-state index contributed by atoms with van der Waals surface area (Å²) in [6, 6.07) is 8.89. The van der Waals surface area contributed by atoms with Crippen LogP contribution in [0, 0.1) is 0 Å². The van der Waals surface area contributed by atoms with Gasteiger partial charge in [-0.15, -0.1) is 0 Å². The number of ether oxygens (including phenoxy) is 4. The zero-order valence-corrected chi connectivity index (χ0v) is 18.4. The lowest BCUT2D eigenvalue weighted by atomic mass is 10.1. The average Bonchev–Trinajstić information content (AvgIpc) is 2.69. The molecule has 1 N–H and O–H groups in total. The van der Waals surface area contributed by atoms with Gasteiger partial charge >= 0.3 is 5.97 Å². The quantitative estimate of drug-likeness (QED) is 0.451. The van der Waals surface area contributed by atoms with Crippen LogP contribution in [-0.2, 0) is 22.4 Å². The number of esters is 1. The summed E-state index contributed by atoms with van der Waals surface area (Å²) in [6.45, 7) is 1.79. The van der Waals surface area contributed by atoms with E-state index in [0.717, 1.165) is 11.1 Å². The third kappa shape index (κ3) is 6.12. The van der Waals surface area contributed by atoms with Crippen molar-refractivity contribution in [3.05, 3.63) is 45.9 Å². The third-order valence-corrected chi connectivity index (χ3v) is 5.00. The summed E-state index contributed by atoms with van der Waals surface area (Å²) in [5.41, 5.74) is 1.75. The molecular formula is C21H24BrNO6. The highest BCUT2D eigenvalue weighted by Crippen LogP contribution is 2.37. The molecule has 29 heavy (non-hydrogen) atoms. The molecular weight excluding hydrogens is 442 g/mol. The van der Waals surface area contributed by atoms with E-state index >= 15 is 0 Å². The molecule has 0 saturated carbocycles. The van der Waals surface area contributed by atoms with E-state index in [0.29, 0.717) is 40.4 Å². The molecule has 8 heteroatoms. The lowest BCUT2D eigenvalue weighted by Gasteiger charge is -2.13. The Morgan fingerprint density at radius 3 is 2.28 bits per heavy atom. The number of hydrogen-bond acceptors (Lipinski definition) is 6. The van der Waals surface area contributed by atoms with E-state index in [1.807, 2.05) is 12.1 Å². The minimum absolute atomic E-state index is 0.110. The number of nitrogens with one attached hydrogen (secondary N) is 1. The summed E-state index contributed by atoms with van der Waals surface area (Å²) in [7, 11) is 4.62. The molecule has 156 valence electrons. The van der Waals surface area contributed by atoms with Crippen LogP contribution in [-0.4, -0.2) is 39.8 Å². The Morgan fingerprint density at radius 1 is 0.966 bits per heavy atom. The molecule has 1 amide bonds. The van der Waals surface area contributed by atoms with Crippen LogP contribution in [0.5, 0.6) is 23.0 Å². The largest absolute Gasteiger partial charge is 0.493 e. The predicted octanol–water partition coefficient (Wildman–Crippen LogP) is 3.30. The number of carbonyl (C=O) groups excluding carboxylic acids is 2. The van der Waals surface area contributed by atoms with Gasteiger partial charge < -0.3 is 24.3 Å². The van der Waals surface area contributed by atoms with Crippen molar-refractivity contribution >= 4 is 27.8 Å². The van der Waals surface area contributed by atoms with Crippen molar-refractivity contribution in [2.24, 2.45) is 0 Å². The van der Waals surface area contributed by atoms with E-state index in [1.54, 1.807) is 32.4 Å². The second-order valence-corrected chi connectivity index (χ2v) is 6.92. The van der Waals surface area contributed by atoms with Crippen molar-refractivity contribution in [1.82, 2.24) is 5.32 Å². The Hall–Kier alpha value is -2.74. The molecule has 0 aromatic heterocycles. The van der Waals surface area contributed by atoms with Crippen molar-refractivity contribution in [3.63, 3.8) is 0 Å². The molecule has 0 heterocycles. The first kappa shape index (κ1) is 22.5. The molecule has 0 radical (unpaired) electrons. The first-order valence-corrected chi connectivity index (χ1v) is 9.70. The van der Waals surface area contributed by atoms with Gasteiger partial charge in [0, 0.05) is 13.5 Å². The van der Waals surface area contributed by atoms with Crippen LogP contribution in [0.4, 0.5) is 0 Å². The number of rotatable bonds is 9. The molecule has 0 bridgehead atoms. The maximum absolute atomic E-state index is 12.3. The smallest absolute Gasteiger partial charge is 0.308 e. The van der Waals surface area contributed by atoms with Gasteiger partial charge in [-0.25, -0.2) is 0 Å². The Labute approximate surface area is 178 Å². The molecule has 0 aliphatic carbocycles. The van der Waals surface area contributed by atoms with Gasteiger partial charge in [0.05, 0.1) is 32.2 Å². The Bertz CT molecular complexity index is 884. The normalized spacial score (nSPS) is 10.2. The summed E-state index contributed by atoms with van der Waals surface area (Å²) in [6.07, 6.45) is 0.811. The second kappa shape index (κ2) is 10.7. The summed E-state index contributed by atoms with van der Waals surface area (Å²) >= 11 is 3.47. The Morgan fingerprint density at radius 2 is 1.66 bits per heavy atom. The zero-order chi connectivity index (χ0) is 21.4. The fourth-order valence-corrected chi connectivity index (χ4v) is 3.38. The van der Waals surface area contributed by atoms with Gasteiger partial charge in [-0.3, -0.25) is 9.59 Å². The van der Waals surface area contributed by atoms with Gasteiger partial charge in [-0.05, 0) is 51.7 Å². The molecule has 0 fully saturated rings. The summed E-state index contributed by atoms with van der Waals surface area (Å²) < 4.78 is 21.6. The fraction of sp³-hybridized carbons (Fsp3) is 0.333. The van der Waals surface area contributed by atoms with Crippen molar-refractivity contribution in [1.29, 1.82) is 0 Å². The number of amides is 1. The van der Waals surface area contributed by atoms with Crippen LogP contribution in [0.2, 0.25) is 0 Å². The first-order valence-electron chi connectivity index (χ1n) is 8.91. The topological polar surface area (TPSA) is 83.1 Å². The summed E-state index contributed by atoms with van der Waals surface area (Å²) in [5, 5.41) is 2.90. The number of carbonyl (C=O) groups is 2. The molecule has 0 saturated heterocycles. The monoisotopic (exact) mass is 465 g/mol. The lowest BCUT2D eigenvalue weighted by molar-refractivity contribution is -0.132. The van der Waals surface area contributed by atoms with Crippen LogP contribution >= 0.6 is 15.9 Å². The molecule has 0 unspecified atom stereocenters. The van der Waals surface area contributed by atoms with E-state index in [4.69, 9.17) is 18.9 Å². The second-order valence-electron chi connectivity index (χ2n) is 6.13. The van der Waals surface area contributed by atoms with Gasteiger partial charge in [0.15, 0.2) is 23.0 Å². The minimum Gasteiger partial charge on any atom is -0.493 e. The number of hydrogen-bond donors (Lipinski definition) is 1. The van der Waals surface area contributed by atoms with E-state index < -0.39 is 5.97 Å². The van der Waals surface area contributed by atoms with Gasteiger partial charge in [-0.2, -0.15) is 0 Å².